The Kier molecular flexibility index (Phi) is 1.89. The highest BCUT2D eigenvalue weighted by Crippen LogP contribution is 2.24. The number of nitrogen functional groups attached to an aromatic ring is 1. The lowest BCUT2D eigenvalue weighted by molar-refractivity contribution is -0.576. The molecule has 2 rings (SSSR count). The summed E-state index contributed by atoms with van der Waals surface area (Å²) in [6.45, 7) is 0. The number of nitrogens with two attached hydrogens (primary N) is 1. The van der Waals surface area contributed by atoms with Crippen LogP contribution in [0.25, 0.3) is 10.9 Å². The summed E-state index contributed by atoms with van der Waals surface area (Å²) in [6.07, 6.45) is 1.46. The molecule has 3 N–H and O–H groups in total. The second-order valence-electron chi connectivity index (χ2n) is 3.05. The van der Waals surface area contributed by atoms with E-state index < -0.39 is 0 Å². The summed E-state index contributed by atoms with van der Waals surface area (Å²) in [4.78, 5) is 0. The topological polar surface area (TPSA) is 65.0 Å². The summed E-state index contributed by atoms with van der Waals surface area (Å²) in [5.41, 5.74) is 7.74. The van der Waals surface area contributed by atoms with E-state index in [0.29, 0.717) is 11.2 Å². The molecule has 1 aromatic heterocycles. The monoisotopic (exact) mass is 189 g/mol. The molecule has 1 aromatic carbocycles. The van der Waals surface area contributed by atoms with Crippen LogP contribution in [0.5, 0.6) is 0 Å². The summed E-state index contributed by atoms with van der Waals surface area (Å²) >= 11 is 0. The van der Waals surface area contributed by atoms with E-state index in [-0.39, 0.29) is 0 Å². The molecule has 72 valence electrons. The summed E-state index contributed by atoms with van der Waals surface area (Å²) in [5, 5.41) is 15.3. The first kappa shape index (κ1) is 8.62. The average Bonchev–Trinajstić information content (AvgIpc) is 2.20. The zero-order valence-corrected chi connectivity index (χ0v) is 7.82. The Labute approximate surface area is 81.5 Å². The Morgan fingerprint density at radius 3 is 2.86 bits per heavy atom. The Balaban J connectivity index is 2.92. The van der Waals surface area contributed by atoms with E-state index in [1.54, 1.807) is 25.2 Å². The summed E-state index contributed by atoms with van der Waals surface area (Å²) in [7, 11) is 1.78. The van der Waals surface area contributed by atoms with E-state index in [1.165, 1.54) is 6.20 Å². The predicted octanol–water partition coefficient (Wildman–Crippen LogP) is 1.10. The first-order valence-electron chi connectivity index (χ1n) is 4.32. The van der Waals surface area contributed by atoms with Gasteiger partial charge in [-0.3, -0.25) is 0 Å². The first-order valence-corrected chi connectivity index (χ1v) is 4.32. The van der Waals surface area contributed by atoms with Crippen molar-refractivity contribution in [2.45, 2.75) is 0 Å². The third kappa shape index (κ3) is 1.12. The predicted molar refractivity (Wildman–Crippen MR) is 56.9 cm³/mol. The van der Waals surface area contributed by atoms with Crippen molar-refractivity contribution >= 4 is 22.3 Å². The van der Waals surface area contributed by atoms with Crippen LogP contribution >= 0.6 is 0 Å². The minimum absolute atomic E-state index is 0.579. The minimum Gasteiger partial charge on any atom is -0.618 e. The second-order valence-corrected chi connectivity index (χ2v) is 3.05. The van der Waals surface area contributed by atoms with Gasteiger partial charge in [0.25, 0.3) is 0 Å². The van der Waals surface area contributed by atoms with E-state index in [9.17, 15) is 5.21 Å². The number of rotatable bonds is 1. The molecule has 0 aliphatic rings. The van der Waals surface area contributed by atoms with Crippen molar-refractivity contribution in [1.82, 2.24) is 0 Å². The van der Waals surface area contributed by atoms with Crippen molar-refractivity contribution in [1.29, 1.82) is 0 Å². The van der Waals surface area contributed by atoms with Gasteiger partial charge in [0.2, 0.25) is 5.52 Å². The molecular formula is C10H11N3O. The average molecular weight is 189 g/mol. The normalized spacial score (nSPS) is 10.4. The highest BCUT2D eigenvalue weighted by molar-refractivity contribution is 5.96. The number of aromatic nitrogens is 1. The standard InChI is InChI=1S/C10H11N3O/c1-12-9-5-4-8(11)7-3-2-6-13(14)10(7)9/h2-6,12H,11H2,1H3. The number of pyridine rings is 1. The molecule has 4 nitrogen and oxygen atoms in total. The quantitative estimate of drug-likeness (QED) is 0.401. The lowest BCUT2D eigenvalue weighted by Gasteiger charge is -2.07. The fourth-order valence-corrected chi connectivity index (χ4v) is 1.53. The fraction of sp³-hybridized carbons (Fsp3) is 0.100. The molecule has 0 radical (unpaired) electrons. The van der Waals surface area contributed by atoms with Crippen LogP contribution < -0.4 is 15.8 Å². The van der Waals surface area contributed by atoms with Gasteiger partial charge in [0.1, 0.15) is 5.69 Å². The van der Waals surface area contributed by atoms with Crippen LogP contribution in [-0.4, -0.2) is 7.05 Å². The van der Waals surface area contributed by atoms with Crippen LogP contribution in [0, 0.1) is 5.21 Å². The van der Waals surface area contributed by atoms with Gasteiger partial charge in [-0.2, -0.15) is 4.73 Å². The molecule has 0 amide bonds. The van der Waals surface area contributed by atoms with E-state index >= 15 is 0 Å². The molecule has 0 bridgehead atoms. The molecule has 0 aliphatic heterocycles. The molecular weight excluding hydrogens is 178 g/mol. The maximum absolute atomic E-state index is 11.5. The Morgan fingerprint density at radius 1 is 1.36 bits per heavy atom. The van der Waals surface area contributed by atoms with Gasteiger partial charge in [0.15, 0.2) is 6.20 Å². The molecule has 0 unspecified atom stereocenters. The SMILES string of the molecule is CNc1ccc(N)c2ccc[n+]([O-])c12. The van der Waals surface area contributed by atoms with Gasteiger partial charge in [0.05, 0.1) is 5.39 Å². The number of nitrogens with zero attached hydrogens (tertiary/aromatic N) is 1. The summed E-state index contributed by atoms with van der Waals surface area (Å²) in [5.74, 6) is 0. The number of fused-ring (bicyclic) bond motifs is 1. The van der Waals surface area contributed by atoms with Gasteiger partial charge in [-0.25, -0.2) is 0 Å². The number of benzene rings is 1. The van der Waals surface area contributed by atoms with Gasteiger partial charge < -0.3 is 16.3 Å². The molecule has 0 saturated heterocycles. The number of hydrogen-bond acceptors (Lipinski definition) is 3. The van der Waals surface area contributed by atoms with Crippen LogP contribution in [0.4, 0.5) is 11.4 Å². The molecule has 0 saturated carbocycles. The molecule has 2 aromatic rings. The van der Waals surface area contributed by atoms with Gasteiger partial charge in [-0.15, -0.1) is 0 Å². The number of anilines is 2. The molecule has 0 aliphatic carbocycles. The molecule has 0 atom stereocenters. The van der Waals surface area contributed by atoms with Gasteiger partial charge in [0, 0.05) is 18.8 Å². The van der Waals surface area contributed by atoms with Gasteiger partial charge in [-0.05, 0) is 18.2 Å². The Bertz CT molecular complexity index is 482. The number of nitrogens with one attached hydrogen (secondary N) is 1. The van der Waals surface area contributed by atoms with Crippen LogP contribution in [0.2, 0.25) is 0 Å². The highest BCUT2D eigenvalue weighted by atomic mass is 16.5. The van der Waals surface area contributed by atoms with Crippen molar-refractivity contribution in [3.63, 3.8) is 0 Å². The molecule has 4 heteroatoms. The highest BCUT2D eigenvalue weighted by Gasteiger charge is 2.10. The van der Waals surface area contributed by atoms with Crippen LogP contribution in [0.3, 0.4) is 0 Å². The minimum atomic E-state index is 0.579. The van der Waals surface area contributed by atoms with E-state index in [4.69, 9.17) is 5.73 Å². The second kappa shape index (κ2) is 3.06. The van der Waals surface area contributed by atoms with Gasteiger partial charge >= 0.3 is 0 Å². The Morgan fingerprint density at radius 2 is 2.14 bits per heavy atom. The van der Waals surface area contributed by atoms with E-state index in [1.807, 2.05) is 6.07 Å². The molecule has 0 fully saturated rings. The zero-order chi connectivity index (χ0) is 10.1. The van der Waals surface area contributed by atoms with Crippen molar-refractivity contribution in [3.05, 3.63) is 35.7 Å². The van der Waals surface area contributed by atoms with E-state index in [0.717, 1.165) is 15.8 Å². The third-order valence-electron chi connectivity index (χ3n) is 2.22. The van der Waals surface area contributed by atoms with Crippen molar-refractivity contribution in [2.24, 2.45) is 0 Å². The van der Waals surface area contributed by atoms with E-state index in [2.05, 4.69) is 5.32 Å². The van der Waals surface area contributed by atoms with Crippen LogP contribution in [0.1, 0.15) is 0 Å². The van der Waals surface area contributed by atoms with Gasteiger partial charge in [-0.1, -0.05) is 0 Å². The largest absolute Gasteiger partial charge is 0.618 e. The Hall–Kier alpha value is -1.97. The lowest BCUT2D eigenvalue weighted by Crippen LogP contribution is -2.27. The maximum atomic E-state index is 11.5. The van der Waals surface area contributed by atoms with Crippen molar-refractivity contribution in [3.8, 4) is 0 Å². The number of hydrogen-bond donors (Lipinski definition) is 2. The maximum Gasteiger partial charge on any atom is 0.249 e. The van der Waals surface area contributed by atoms with Crippen LogP contribution in [0.15, 0.2) is 30.5 Å². The third-order valence-corrected chi connectivity index (χ3v) is 2.22. The molecule has 0 spiro atoms. The molecule has 14 heavy (non-hydrogen) atoms. The van der Waals surface area contributed by atoms with Crippen LogP contribution in [-0.2, 0) is 0 Å². The smallest absolute Gasteiger partial charge is 0.249 e. The summed E-state index contributed by atoms with van der Waals surface area (Å²) < 4.78 is 0.817. The van der Waals surface area contributed by atoms with Crippen molar-refractivity contribution in [2.75, 3.05) is 18.1 Å². The molecule has 1 heterocycles. The first-order chi connectivity index (χ1) is 6.74. The fourth-order valence-electron chi connectivity index (χ4n) is 1.53. The summed E-state index contributed by atoms with van der Waals surface area (Å²) in [6, 6.07) is 7.10. The zero-order valence-electron chi connectivity index (χ0n) is 7.82. The lowest BCUT2D eigenvalue weighted by atomic mass is 10.1. The van der Waals surface area contributed by atoms with Crippen molar-refractivity contribution < 1.29 is 4.73 Å².